The minimum absolute atomic E-state index is 0.00838. The molecule has 0 bridgehead atoms. The second kappa shape index (κ2) is 6.97. The molecule has 3 aromatic rings. The highest BCUT2D eigenvalue weighted by atomic mass is 32.1. The zero-order chi connectivity index (χ0) is 16.9. The topological polar surface area (TPSA) is 78.9 Å². The number of hydrogen-bond donors (Lipinski definition) is 3. The van der Waals surface area contributed by atoms with Crippen molar-refractivity contribution in [3.63, 3.8) is 0 Å². The molecule has 1 amide bonds. The van der Waals surface area contributed by atoms with E-state index in [1.54, 1.807) is 6.07 Å². The van der Waals surface area contributed by atoms with E-state index in [1.165, 1.54) is 24.5 Å². The van der Waals surface area contributed by atoms with Crippen LogP contribution in [0, 0.1) is 5.82 Å². The summed E-state index contributed by atoms with van der Waals surface area (Å²) in [5.41, 5.74) is 6.13. The van der Waals surface area contributed by atoms with Crippen LogP contribution in [0.5, 0.6) is 0 Å². The molecule has 3 rings (SSSR count). The minimum atomic E-state index is -0.639. The Balaban J connectivity index is 1.65. The van der Waals surface area contributed by atoms with Gasteiger partial charge in [0.25, 0.3) is 5.91 Å². The molecule has 0 unspecified atom stereocenters. The molecule has 3 N–H and O–H groups in total. The van der Waals surface area contributed by atoms with Crippen LogP contribution < -0.4 is 16.2 Å². The van der Waals surface area contributed by atoms with Gasteiger partial charge >= 0.3 is 0 Å². The lowest BCUT2D eigenvalue weighted by Crippen LogP contribution is -2.42. The molecule has 0 saturated heterocycles. The summed E-state index contributed by atoms with van der Waals surface area (Å²) in [5.74, 6) is -0.754. The molecule has 0 aliphatic heterocycles. The molecule has 1 aromatic heterocycles. The van der Waals surface area contributed by atoms with Gasteiger partial charge in [-0.1, -0.05) is 24.3 Å². The number of para-hydroxylation sites is 1. The van der Waals surface area contributed by atoms with Crippen LogP contribution in [-0.2, 0) is 0 Å². The Morgan fingerprint density at radius 2 is 1.79 bits per heavy atom. The third-order valence-electron chi connectivity index (χ3n) is 3.18. The van der Waals surface area contributed by atoms with E-state index < -0.39 is 11.7 Å². The number of anilines is 1. The zero-order valence-corrected chi connectivity index (χ0v) is 13.1. The quantitative estimate of drug-likeness (QED) is 0.501. The fourth-order valence-electron chi connectivity index (χ4n) is 2.07. The third kappa shape index (κ3) is 3.44. The first-order valence-corrected chi connectivity index (χ1v) is 7.37. The third-order valence-corrected chi connectivity index (χ3v) is 3.39. The van der Waals surface area contributed by atoms with Gasteiger partial charge in [-0.05, 0) is 36.5 Å². The van der Waals surface area contributed by atoms with E-state index in [0.717, 1.165) is 10.9 Å². The molecular formula is C16H12FN5OS. The average molecular weight is 341 g/mol. The Hall–Kier alpha value is -3.13. The first-order chi connectivity index (χ1) is 11.6. The smallest absolute Gasteiger partial charge is 0.260 e. The van der Waals surface area contributed by atoms with Gasteiger partial charge in [0.1, 0.15) is 12.1 Å². The van der Waals surface area contributed by atoms with Gasteiger partial charge in [0.2, 0.25) is 0 Å². The van der Waals surface area contributed by atoms with Crippen LogP contribution in [0.15, 0.2) is 54.9 Å². The molecule has 8 heteroatoms. The number of aromatic nitrogens is 2. The first-order valence-electron chi connectivity index (χ1n) is 6.97. The number of fused-ring (bicyclic) bond motifs is 1. The van der Waals surface area contributed by atoms with Crippen LogP contribution in [0.2, 0.25) is 0 Å². The Morgan fingerprint density at radius 1 is 1.04 bits per heavy atom. The first kappa shape index (κ1) is 15.8. The van der Waals surface area contributed by atoms with E-state index in [-0.39, 0.29) is 10.7 Å². The summed E-state index contributed by atoms with van der Waals surface area (Å²) in [4.78, 5) is 20.2. The van der Waals surface area contributed by atoms with E-state index >= 15 is 0 Å². The standard InChI is InChI=1S/C16H12FN5OS/c17-12-7-3-1-5-10(12)15(23)20-16(24)22-21-14-11-6-2-4-8-13(11)18-9-19-14/h1-9H,(H,18,19,21)(H2,20,22,23,24). The molecule has 0 atom stereocenters. The van der Waals surface area contributed by atoms with Gasteiger partial charge in [0.05, 0.1) is 11.1 Å². The molecule has 0 fully saturated rings. The number of nitrogens with zero attached hydrogens (tertiary/aromatic N) is 2. The van der Waals surface area contributed by atoms with Crippen LogP contribution in [-0.4, -0.2) is 21.0 Å². The van der Waals surface area contributed by atoms with E-state index in [4.69, 9.17) is 12.2 Å². The molecule has 120 valence electrons. The summed E-state index contributed by atoms with van der Waals surface area (Å²) in [6.07, 6.45) is 1.41. The Morgan fingerprint density at radius 3 is 2.62 bits per heavy atom. The highest BCUT2D eigenvalue weighted by Crippen LogP contribution is 2.17. The molecule has 1 heterocycles. The van der Waals surface area contributed by atoms with Crippen LogP contribution in [0.3, 0.4) is 0 Å². The van der Waals surface area contributed by atoms with Crippen LogP contribution in [0.1, 0.15) is 10.4 Å². The van der Waals surface area contributed by atoms with E-state index in [9.17, 15) is 9.18 Å². The van der Waals surface area contributed by atoms with Crippen molar-refractivity contribution in [2.24, 2.45) is 0 Å². The summed E-state index contributed by atoms with van der Waals surface area (Å²) in [5, 5.41) is 3.17. The second-order valence-electron chi connectivity index (χ2n) is 4.75. The van der Waals surface area contributed by atoms with Crippen LogP contribution in [0.4, 0.5) is 10.2 Å². The van der Waals surface area contributed by atoms with Crippen molar-refractivity contribution < 1.29 is 9.18 Å². The van der Waals surface area contributed by atoms with Crippen molar-refractivity contribution in [1.82, 2.24) is 20.7 Å². The lowest BCUT2D eigenvalue weighted by atomic mass is 10.2. The van der Waals surface area contributed by atoms with Crippen molar-refractivity contribution in [3.05, 3.63) is 66.2 Å². The molecular weight excluding hydrogens is 329 g/mol. The Bertz CT molecular complexity index is 912. The van der Waals surface area contributed by atoms with Gasteiger partial charge in [-0.25, -0.2) is 14.4 Å². The SMILES string of the molecule is O=C(NC(=S)NNc1ncnc2ccccc12)c1ccccc1F. The normalized spacial score (nSPS) is 10.2. The largest absolute Gasteiger partial charge is 0.298 e. The molecule has 0 spiro atoms. The highest BCUT2D eigenvalue weighted by Gasteiger charge is 2.12. The number of hydrogen-bond acceptors (Lipinski definition) is 5. The molecule has 24 heavy (non-hydrogen) atoms. The molecule has 0 radical (unpaired) electrons. The molecule has 0 saturated carbocycles. The summed E-state index contributed by atoms with van der Waals surface area (Å²) in [7, 11) is 0. The van der Waals surface area contributed by atoms with E-state index in [1.807, 2.05) is 24.3 Å². The van der Waals surface area contributed by atoms with Gasteiger partial charge in [-0.3, -0.25) is 21.0 Å². The zero-order valence-electron chi connectivity index (χ0n) is 12.3. The Kier molecular flexibility index (Phi) is 4.57. The lowest BCUT2D eigenvalue weighted by Gasteiger charge is -2.12. The number of rotatable bonds is 3. The van der Waals surface area contributed by atoms with Gasteiger partial charge in [0.15, 0.2) is 10.9 Å². The number of carbonyl (C=O) groups excluding carboxylic acids is 1. The van der Waals surface area contributed by atoms with Gasteiger partial charge in [-0.2, -0.15) is 0 Å². The number of halogens is 1. The van der Waals surface area contributed by atoms with Crippen molar-refractivity contribution in [2.75, 3.05) is 5.43 Å². The van der Waals surface area contributed by atoms with E-state index in [0.29, 0.717) is 5.82 Å². The number of nitrogens with one attached hydrogen (secondary N) is 3. The number of carbonyl (C=O) groups is 1. The molecule has 6 nitrogen and oxygen atoms in total. The van der Waals surface area contributed by atoms with Gasteiger partial charge < -0.3 is 0 Å². The van der Waals surface area contributed by atoms with E-state index in [2.05, 4.69) is 26.1 Å². The van der Waals surface area contributed by atoms with Gasteiger partial charge in [-0.15, -0.1) is 0 Å². The van der Waals surface area contributed by atoms with Crippen molar-refractivity contribution in [1.29, 1.82) is 0 Å². The summed E-state index contributed by atoms with van der Waals surface area (Å²) in [6, 6.07) is 13.1. The average Bonchev–Trinajstić information content (AvgIpc) is 2.60. The summed E-state index contributed by atoms with van der Waals surface area (Å²) < 4.78 is 13.6. The summed E-state index contributed by atoms with van der Waals surface area (Å²) >= 11 is 5.02. The van der Waals surface area contributed by atoms with Gasteiger partial charge in [0, 0.05) is 5.39 Å². The maximum Gasteiger partial charge on any atom is 0.260 e. The fraction of sp³-hybridized carbons (Fsp3) is 0. The molecule has 0 aliphatic carbocycles. The monoisotopic (exact) mass is 341 g/mol. The number of amides is 1. The lowest BCUT2D eigenvalue weighted by molar-refractivity contribution is 0.0973. The van der Waals surface area contributed by atoms with Crippen LogP contribution in [0.25, 0.3) is 10.9 Å². The predicted molar refractivity (Wildman–Crippen MR) is 92.8 cm³/mol. The maximum absolute atomic E-state index is 13.6. The predicted octanol–water partition coefficient (Wildman–Crippen LogP) is 2.40. The molecule has 0 aliphatic rings. The fourth-order valence-corrected chi connectivity index (χ4v) is 2.21. The van der Waals surface area contributed by atoms with Crippen molar-refractivity contribution in [3.8, 4) is 0 Å². The van der Waals surface area contributed by atoms with Crippen molar-refractivity contribution in [2.45, 2.75) is 0 Å². The van der Waals surface area contributed by atoms with Crippen LogP contribution >= 0.6 is 12.2 Å². The second-order valence-corrected chi connectivity index (χ2v) is 5.16. The molecule has 2 aromatic carbocycles. The maximum atomic E-state index is 13.6. The Labute approximate surface area is 142 Å². The van der Waals surface area contributed by atoms with Crippen molar-refractivity contribution >= 4 is 40.0 Å². The number of benzene rings is 2. The minimum Gasteiger partial charge on any atom is -0.298 e. The highest BCUT2D eigenvalue weighted by molar-refractivity contribution is 7.80. The number of thiocarbonyl (C=S) groups is 1. The number of hydrazine groups is 1. The summed E-state index contributed by atoms with van der Waals surface area (Å²) in [6.45, 7) is 0.